The molecule has 2 aromatic carbocycles. The molecule has 0 bridgehead atoms. The molecule has 0 radical (unpaired) electrons. The van der Waals surface area contributed by atoms with E-state index in [2.05, 4.69) is 10.6 Å². The molecule has 8 nitrogen and oxygen atoms in total. The van der Waals surface area contributed by atoms with Gasteiger partial charge in [-0.1, -0.05) is 12.5 Å². The van der Waals surface area contributed by atoms with Crippen molar-refractivity contribution in [3.63, 3.8) is 0 Å². The zero-order chi connectivity index (χ0) is 23.1. The van der Waals surface area contributed by atoms with Crippen LogP contribution in [0.5, 0.6) is 5.75 Å². The standard InChI is InChI=1S/C22H26FN3O5S/c1-31-19-7-4-5-17(15-19)25-22(28)21(27)24-13-12-18-6-2-3-14-26(18)32(29,30)20-10-8-16(23)9-11-20/h4-5,7-11,15,18H,2-3,6,12-14H2,1H3,(H,24,27)(H,25,28)/t18-/m1/s1. The van der Waals surface area contributed by atoms with Crippen molar-refractivity contribution in [2.45, 2.75) is 36.6 Å². The molecule has 1 heterocycles. The number of carbonyl (C=O) groups excluding carboxylic acids is 2. The molecule has 1 aliphatic heterocycles. The normalized spacial score (nSPS) is 16.9. The van der Waals surface area contributed by atoms with Gasteiger partial charge in [0.2, 0.25) is 10.0 Å². The number of halogens is 1. The highest BCUT2D eigenvalue weighted by atomic mass is 32.2. The molecule has 1 fully saturated rings. The lowest BCUT2D eigenvalue weighted by molar-refractivity contribution is -0.136. The van der Waals surface area contributed by atoms with Gasteiger partial charge in [-0.05, 0) is 55.7 Å². The number of sulfonamides is 1. The smallest absolute Gasteiger partial charge is 0.313 e. The summed E-state index contributed by atoms with van der Waals surface area (Å²) in [6.07, 6.45) is 2.60. The Morgan fingerprint density at radius 3 is 2.59 bits per heavy atom. The van der Waals surface area contributed by atoms with E-state index < -0.39 is 27.7 Å². The Bertz CT molecular complexity index is 1060. The fourth-order valence-electron chi connectivity index (χ4n) is 3.64. The Balaban J connectivity index is 1.56. The summed E-state index contributed by atoms with van der Waals surface area (Å²) < 4.78 is 45.7. The van der Waals surface area contributed by atoms with Crippen LogP contribution in [0.1, 0.15) is 25.7 Å². The molecule has 2 amide bonds. The summed E-state index contributed by atoms with van der Waals surface area (Å²) in [7, 11) is -2.28. The molecule has 2 N–H and O–H groups in total. The Morgan fingerprint density at radius 2 is 1.88 bits per heavy atom. The number of methoxy groups -OCH3 is 1. The molecule has 0 unspecified atom stereocenters. The first kappa shape index (κ1) is 23.7. The summed E-state index contributed by atoms with van der Waals surface area (Å²) in [5.41, 5.74) is 0.424. The number of hydrogen-bond donors (Lipinski definition) is 2. The SMILES string of the molecule is COc1cccc(NC(=O)C(=O)NCC[C@H]2CCCCN2S(=O)(=O)c2ccc(F)cc2)c1. The highest BCUT2D eigenvalue weighted by Gasteiger charge is 2.33. The number of piperidine rings is 1. The van der Waals surface area contributed by atoms with Gasteiger partial charge in [-0.15, -0.1) is 0 Å². The quantitative estimate of drug-likeness (QED) is 0.614. The minimum atomic E-state index is -3.78. The number of rotatable bonds is 7. The van der Waals surface area contributed by atoms with Crippen molar-refractivity contribution in [2.24, 2.45) is 0 Å². The van der Waals surface area contributed by atoms with Crippen molar-refractivity contribution < 1.29 is 27.1 Å². The van der Waals surface area contributed by atoms with Gasteiger partial charge in [0.05, 0.1) is 12.0 Å². The zero-order valence-corrected chi connectivity index (χ0v) is 18.5. The van der Waals surface area contributed by atoms with E-state index in [1.165, 1.54) is 23.5 Å². The van der Waals surface area contributed by atoms with Crippen LogP contribution in [0.2, 0.25) is 0 Å². The molecule has 1 saturated heterocycles. The predicted molar refractivity (Wildman–Crippen MR) is 117 cm³/mol. The van der Waals surface area contributed by atoms with Crippen LogP contribution < -0.4 is 15.4 Å². The van der Waals surface area contributed by atoms with Crippen LogP contribution in [0.4, 0.5) is 10.1 Å². The Hall–Kier alpha value is -2.98. The van der Waals surface area contributed by atoms with Crippen LogP contribution in [0.25, 0.3) is 0 Å². The molecule has 2 aromatic rings. The fourth-order valence-corrected chi connectivity index (χ4v) is 5.37. The lowest BCUT2D eigenvalue weighted by atomic mass is 10.0. The lowest BCUT2D eigenvalue weighted by Crippen LogP contribution is -2.45. The maximum atomic E-state index is 13.2. The molecule has 0 spiro atoms. The molecule has 0 saturated carbocycles. The number of ether oxygens (including phenoxy) is 1. The summed E-state index contributed by atoms with van der Waals surface area (Å²) in [6.45, 7) is 0.499. The number of hydrogen-bond acceptors (Lipinski definition) is 5. The average molecular weight is 464 g/mol. The second-order valence-electron chi connectivity index (χ2n) is 7.45. The third-order valence-electron chi connectivity index (χ3n) is 5.29. The van der Waals surface area contributed by atoms with E-state index in [-0.39, 0.29) is 17.5 Å². The Morgan fingerprint density at radius 1 is 1.12 bits per heavy atom. The maximum absolute atomic E-state index is 13.2. The predicted octanol–water partition coefficient (Wildman–Crippen LogP) is 2.52. The summed E-state index contributed by atoms with van der Waals surface area (Å²) in [5, 5.41) is 5.04. The van der Waals surface area contributed by atoms with Gasteiger partial charge in [0.15, 0.2) is 0 Å². The zero-order valence-electron chi connectivity index (χ0n) is 17.7. The molecule has 172 valence electrons. The summed E-state index contributed by atoms with van der Waals surface area (Å²) in [6, 6.07) is 11.0. The first-order chi connectivity index (χ1) is 15.3. The van der Waals surface area contributed by atoms with Crippen molar-refractivity contribution in [3.8, 4) is 5.75 Å². The largest absolute Gasteiger partial charge is 0.497 e. The number of nitrogens with zero attached hydrogens (tertiary/aromatic N) is 1. The fraction of sp³-hybridized carbons (Fsp3) is 0.364. The van der Waals surface area contributed by atoms with E-state index >= 15 is 0 Å². The Labute approximate surface area is 186 Å². The van der Waals surface area contributed by atoms with Gasteiger partial charge in [0, 0.05) is 30.9 Å². The molecule has 0 aromatic heterocycles. The number of amides is 2. The van der Waals surface area contributed by atoms with Crippen LogP contribution in [0.3, 0.4) is 0 Å². The van der Waals surface area contributed by atoms with E-state index in [0.29, 0.717) is 30.8 Å². The summed E-state index contributed by atoms with van der Waals surface area (Å²) >= 11 is 0. The highest BCUT2D eigenvalue weighted by Crippen LogP contribution is 2.27. The topological polar surface area (TPSA) is 105 Å². The van der Waals surface area contributed by atoms with Crippen molar-refractivity contribution in [3.05, 3.63) is 54.3 Å². The van der Waals surface area contributed by atoms with E-state index in [1.807, 2.05) is 0 Å². The molecule has 3 rings (SSSR count). The number of anilines is 1. The molecule has 32 heavy (non-hydrogen) atoms. The van der Waals surface area contributed by atoms with Crippen molar-refractivity contribution >= 4 is 27.5 Å². The molecule has 0 aliphatic carbocycles. The van der Waals surface area contributed by atoms with E-state index in [4.69, 9.17) is 4.74 Å². The maximum Gasteiger partial charge on any atom is 0.313 e. The van der Waals surface area contributed by atoms with Crippen molar-refractivity contribution in [1.29, 1.82) is 0 Å². The van der Waals surface area contributed by atoms with Crippen LogP contribution in [0.15, 0.2) is 53.4 Å². The van der Waals surface area contributed by atoms with Crippen molar-refractivity contribution in [1.82, 2.24) is 9.62 Å². The third kappa shape index (κ3) is 5.83. The highest BCUT2D eigenvalue weighted by molar-refractivity contribution is 7.89. The van der Waals surface area contributed by atoms with Crippen LogP contribution in [0, 0.1) is 5.82 Å². The minimum Gasteiger partial charge on any atom is -0.497 e. The van der Waals surface area contributed by atoms with Gasteiger partial charge in [0.1, 0.15) is 11.6 Å². The molecule has 1 aliphatic rings. The number of benzene rings is 2. The van der Waals surface area contributed by atoms with Gasteiger partial charge in [-0.25, -0.2) is 12.8 Å². The molecular formula is C22H26FN3O5S. The second kappa shape index (κ2) is 10.6. The number of nitrogens with one attached hydrogen (secondary N) is 2. The monoisotopic (exact) mass is 463 g/mol. The number of carbonyl (C=O) groups is 2. The van der Waals surface area contributed by atoms with Gasteiger partial charge in [0.25, 0.3) is 0 Å². The first-order valence-electron chi connectivity index (χ1n) is 10.3. The third-order valence-corrected chi connectivity index (χ3v) is 7.26. The van der Waals surface area contributed by atoms with E-state index in [9.17, 15) is 22.4 Å². The van der Waals surface area contributed by atoms with Gasteiger partial charge in [-0.3, -0.25) is 9.59 Å². The van der Waals surface area contributed by atoms with E-state index in [1.54, 1.807) is 24.3 Å². The first-order valence-corrected chi connectivity index (χ1v) is 11.8. The summed E-state index contributed by atoms with van der Waals surface area (Å²) in [5.74, 6) is -1.59. The van der Waals surface area contributed by atoms with Crippen molar-refractivity contribution in [2.75, 3.05) is 25.5 Å². The van der Waals surface area contributed by atoms with Crippen LogP contribution in [-0.2, 0) is 19.6 Å². The molecular weight excluding hydrogens is 437 g/mol. The molecule has 10 heteroatoms. The van der Waals surface area contributed by atoms with Gasteiger partial charge in [-0.2, -0.15) is 4.31 Å². The second-order valence-corrected chi connectivity index (χ2v) is 9.34. The van der Waals surface area contributed by atoms with E-state index in [0.717, 1.165) is 25.0 Å². The van der Waals surface area contributed by atoms with Crippen LogP contribution in [-0.4, -0.2) is 50.8 Å². The lowest BCUT2D eigenvalue weighted by Gasteiger charge is -2.34. The van der Waals surface area contributed by atoms with Gasteiger partial charge >= 0.3 is 11.8 Å². The summed E-state index contributed by atoms with van der Waals surface area (Å²) in [4.78, 5) is 24.3. The Kier molecular flexibility index (Phi) is 7.81. The average Bonchev–Trinajstić information content (AvgIpc) is 2.79. The van der Waals surface area contributed by atoms with Crippen LogP contribution >= 0.6 is 0 Å². The molecule has 1 atom stereocenters. The minimum absolute atomic E-state index is 0.0347. The van der Waals surface area contributed by atoms with Gasteiger partial charge < -0.3 is 15.4 Å².